The maximum Gasteiger partial charge on any atom is 0.290 e. The molecule has 7 heteroatoms. The highest BCUT2D eigenvalue weighted by Gasteiger charge is 2.44. The van der Waals surface area contributed by atoms with Gasteiger partial charge in [-0.15, -0.1) is 11.3 Å². The van der Waals surface area contributed by atoms with Gasteiger partial charge in [-0.25, -0.2) is 9.37 Å². The van der Waals surface area contributed by atoms with Crippen molar-refractivity contribution < 1.29 is 19.1 Å². The van der Waals surface area contributed by atoms with E-state index in [0.29, 0.717) is 17.0 Å². The number of aromatic nitrogens is 1. The molecule has 0 fully saturated rings. The maximum atomic E-state index is 13.4. The molecule has 1 aliphatic heterocycles. The number of rotatable bonds is 6. The van der Waals surface area contributed by atoms with Crippen LogP contribution in [-0.4, -0.2) is 33.2 Å². The first-order valence-electron chi connectivity index (χ1n) is 9.89. The lowest BCUT2D eigenvalue weighted by Crippen LogP contribution is -2.33. The van der Waals surface area contributed by atoms with E-state index in [0.717, 1.165) is 16.1 Å². The van der Waals surface area contributed by atoms with E-state index in [9.17, 15) is 19.1 Å². The van der Waals surface area contributed by atoms with Crippen LogP contribution in [0.2, 0.25) is 0 Å². The third kappa shape index (κ3) is 4.01. The molecular formula is C24H21FN2O3S. The number of ketones is 1. The summed E-state index contributed by atoms with van der Waals surface area (Å²) in [5.74, 6) is -1.82. The monoisotopic (exact) mass is 436 g/mol. The number of hydrogen-bond acceptors (Lipinski definition) is 5. The number of amides is 1. The van der Waals surface area contributed by atoms with E-state index >= 15 is 0 Å². The van der Waals surface area contributed by atoms with E-state index in [4.69, 9.17) is 0 Å². The highest BCUT2D eigenvalue weighted by molar-refractivity contribution is 7.14. The summed E-state index contributed by atoms with van der Waals surface area (Å²) >= 11 is 1.25. The SMILES string of the molecule is Cc1nc(C)c(C(=O)C2=C(O)C(=O)N(CCc3ccc(F)cc3)C2c2ccccc2)s1. The second-order valence-corrected chi connectivity index (χ2v) is 8.63. The summed E-state index contributed by atoms with van der Waals surface area (Å²) in [4.78, 5) is 32.6. The van der Waals surface area contributed by atoms with Gasteiger partial charge in [0.25, 0.3) is 5.91 Å². The number of nitrogens with zero attached hydrogens (tertiary/aromatic N) is 2. The number of thiazole rings is 1. The highest BCUT2D eigenvalue weighted by Crippen LogP contribution is 2.40. The number of aliphatic hydroxyl groups is 1. The van der Waals surface area contributed by atoms with Crippen molar-refractivity contribution in [2.24, 2.45) is 0 Å². The first kappa shape index (κ1) is 20.9. The quantitative estimate of drug-likeness (QED) is 0.568. The fourth-order valence-electron chi connectivity index (χ4n) is 3.86. The van der Waals surface area contributed by atoms with Crippen LogP contribution in [0.25, 0.3) is 0 Å². The zero-order valence-electron chi connectivity index (χ0n) is 17.1. The van der Waals surface area contributed by atoms with E-state index in [2.05, 4.69) is 4.98 Å². The van der Waals surface area contributed by atoms with Crippen molar-refractivity contribution in [1.29, 1.82) is 0 Å². The van der Waals surface area contributed by atoms with Crippen molar-refractivity contribution in [3.05, 3.63) is 98.5 Å². The van der Waals surface area contributed by atoms with Gasteiger partial charge < -0.3 is 10.0 Å². The fourth-order valence-corrected chi connectivity index (χ4v) is 4.74. The number of aliphatic hydroxyl groups excluding tert-OH is 1. The van der Waals surface area contributed by atoms with E-state index in [-0.39, 0.29) is 23.7 Å². The molecule has 1 unspecified atom stereocenters. The van der Waals surface area contributed by atoms with E-state index in [1.54, 1.807) is 19.1 Å². The number of carbonyl (C=O) groups excluding carboxylic acids is 2. The molecule has 0 saturated heterocycles. The normalized spacial score (nSPS) is 16.3. The fraction of sp³-hybridized carbons (Fsp3) is 0.208. The summed E-state index contributed by atoms with van der Waals surface area (Å²) in [6.45, 7) is 3.83. The van der Waals surface area contributed by atoms with Gasteiger partial charge in [0.15, 0.2) is 5.76 Å². The molecule has 0 radical (unpaired) electrons. The summed E-state index contributed by atoms with van der Waals surface area (Å²) in [6.07, 6.45) is 0.461. The number of hydrogen-bond donors (Lipinski definition) is 1. The Hall–Kier alpha value is -3.32. The molecular weight excluding hydrogens is 415 g/mol. The van der Waals surface area contributed by atoms with Crippen LogP contribution in [0.4, 0.5) is 4.39 Å². The summed E-state index contributed by atoms with van der Waals surface area (Å²) in [5, 5.41) is 11.5. The Bertz CT molecular complexity index is 1170. The molecule has 0 saturated carbocycles. The molecule has 1 aromatic heterocycles. The van der Waals surface area contributed by atoms with Gasteiger partial charge in [-0.2, -0.15) is 0 Å². The topological polar surface area (TPSA) is 70.5 Å². The molecule has 2 aromatic carbocycles. The molecule has 5 nitrogen and oxygen atoms in total. The molecule has 0 bridgehead atoms. The van der Waals surface area contributed by atoms with Crippen molar-refractivity contribution in [3.63, 3.8) is 0 Å². The lowest BCUT2D eigenvalue weighted by Gasteiger charge is -2.27. The standard InChI is InChI=1S/C24H21FN2O3S/c1-14-23(31-15(2)26-14)21(28)19-20(17-6-4-3-5-7-17)27(24(30)22(19)29)13-12-16-8-10-18(25)11-9-16/h3-11,20,29H,12-13H2,1-2H3. The first-order valence-corrected chi connectivity index (χ1v) is 10.7. The van der Waals surface area contributed by atoms with Crippen molar-refractivity contribution in [2.75, 3.05) is 6.54 Å². The molecule has 3 aromatic rings. The third-order valence-corrected chi connectivity index (χ3v) is 6.40. The Labute approximate surface area is 183 Å². The van der Waals surface area contributed by atoms with Gasteiger partial charge in [0.2, 0.25) is 5.78 Å². The Kier molecular flexibility index (Phi) is 5.69. The lowest BCUT2D eigenvalue weighted by molar-refractivity contribution is -0.129. The minimum Gasteiger partial charge on any atom is -0.503 e. The van der Waals surface area contributed by atoms with Crippen LogP contribution in [-0.2, 0) is 11.2 Å². The van der Waals surface area contributed by atoms with Crippen molar-refractivity contribution in [3.8, 4) is 0 Å². The van der Waals surface area contributed by atoms with Crippen molar-refractivity contribution >= 4 is 23.0 Å². The number of Topliss-reactive ketones (excluding diaryl/α,β-unsaturated/α-hetero) is 1. The van der Waals surface area contributed by atoms with Crippen LogP contribution in [0.5, 0.6) is 0 Å². The summed E-state index contributed by atoms with van der Waals surface area (Å²) in [5.41, 5.74) is 2.24. The molecule has 31 heavy (non-hydrogen) atoms. The van der Waals surface area contributed by atoms with E-state index < -0.39 is 17.7 Å². The van der Waals surface area contributed by atoms with Crippen molar-refractivity contribution in [2.45, 2.75) is 26.3 Å². The largest absolute Gasteiger partial charge is 0.503 e. The highest BCUT2D eigenvalue weighted by atomic mass is 32.1. The van der Waals surface area contributed by atoms with Crippen LogP contribution in [0.3, 0.4) is 0 Å². The van der Waals surface area contributed by atoms with Gasteiger partial charge in [0.1, 0.15) is 5.82 Å². The summed E-state index contributed by atoms with van der Waals surface area (Å²) in [6, 6.07) is 14.5. The Morgan fingerprint density at radius 1 is 1.13 bits per heavy atom. The van der Waals surface area contributed by atoms with Gasteiger partial charge in [-0.3, -0.25) is 9.59 Å². The molecule has 1 N–H and O–H groups in total. The third-order valence-electron chi connectivity index (χ3n) is 5.33. The minimum atomic E-state index is -0.705. The van der Waals surface area contributed by atoms with Crippen LogP contribution in [0, 0.1) is 19.7 Å². The average Bonchev–Trinajstić information content (AvgIpc) is 3.23. The zero-order chi connectivity index (χ0) is 22.1. The summed E-state index contributed by atoms with van der Waals surface area (Å²) < 4.78 is 13.2. The van der Waals surface area contributed by atoms with Crippen LogP contribution in [0.15, 0.2) is 65.9 Å². The molecule has 4 rings (SSSR count). The molecule has 158 valence electrons. The van der Waals surface area contributed by atoms with Crippen molar-refractivity contribution in [1.82, 2.24) is 9.88 Å². The molecule has 0 aliphatic carbocycles. The van der Waals surface area contributed by atoms with Gasteiger partial charge in [-0.1, -0.05) is 42.5 Å². The van der Waals surface area contributed by atoms with Gasteiger partial charge in [0, 0.05) is 6.54 Å². The maximum absolute atomic E-state index is 13.4. The first-order chi connectivity index (χ1) is 14.9. The van der Waals surface area contributed by atoms with Crippen LogP contribution in [0.1, 0.15) is 37.5 Å². The second-order valence-electron chi connectivity index (χ2n) is 7.43. The molecule has 1 amide bonds. The Morgan fingerprint density at radius 2 is 1.81 bits per heavy atom. The molecule has 0 spiro atoms. The van der Waals surface area contributed by atoms with Crippen LogP contribution >= 0.6 is 11.3 Å². The van der Waals surface area contributed by atoms with Gasteiger partial charge in [-0.05, 0) is 43.5 Å². The lowest BCUT2D eigenvalue weighted by atomic mass is 9.95. The average molecular weight is 437 g/mol. The number of aryl methyl sites for hydroxylation is 2. The molecule has 1 atom stereocenters. The van der Waals surface area contributed by atoms with Gasteiger partial charge in [0.05, 0.1) is 27.2 Å². The predicted octanol–water partition coefficient (Wildman–Crippen LogP) is 4.72. The molecule has 2 heterocycles. The smallest absolute Gasteiger partial charge is 0.290 e. The summed E-state index contributed by atoms with van der Waals surface area (Å²) in [7, 11) is 0. The number of benzene rings is 2. The van der Waals surface area contributed by atoms with Crippen LogP contribution < -0.4 is 0 Å². The van der Waals surface area contributed by atoms with E-state index in [1.165, 1.54) is 28.4 Å². The minimum absolute atomic E-state index is 0.0713. The predicted molar refractivity (Wildman–Crippen MR) is 117 cm³/mol. The zero-order valence-corrected chi connectivity index (χ0v) is 17.9. The van der Waals surface area contributed by atoms with Gasteiger partial charge >= 0.3 is 0 Å². The molecule has 1 aliphatic rings. The Morgan fingerprint density at radius 3 is 2.42 bits per heavy atom. The second kappa shape index (κ2) is 8.43. The Balaban J connectivity index is 1.71. The number of halogens is 1. The number of carbonyl (C=O) groups is 2. The van der Waals surface area contributed by atoms with E-state index in [1.807, 2.05) is 37.3 Å².